The van der Waals surface area contributed by atoms with E-state index in [1.54, 1.807) is 6.92 Å². The summed E-state index contributed by atoms with van der Waals surface area (Å²) in [6, 6.07) is 0. The third-order valence-corrected chi connectivity index (χ3v) is 5.61. The average Bonchev–Trinajstić information content (AvgIpc) is 2.43. The fraction of sp³-hybridized carbons (Fsp3) is 0.900. The second-order valence-electron chi connectivity index (χ2n) is 4.24. The van der Waals surface area contributed by atoms with Crippen molar-refractivity contribution in [1.82, 2.24) is 4.31 Å². The number of thiocarbonyl (C=S) groups is 1. The minimum atomic E-state index is -3.44. The Morgan fingerprint density at radius 1 is 1.65 bits per heavy atom. The zero-order chi connectivity index (χ0) is 13.1. The molecule has 1 fully saturated rings. The molecule has 2 atom stereocenters. The Morgan fingerprint density at radius 2 is 2.29 bits per heavy atom. The second-order valence-corrected chi connectivity index (χ2v) is 6.82. The Labute approximate surface area is 108 Å². The Hall–Kier alpha value is -0.240. The van der Waals surface area contributed by atoms with Crippen LogP contribution in [0.25, 0.3) is 0 Å². The molecule has 0 spiro atoms. The molecular weight excluding hydrogens is 260 g/mol. The molecule has 100 valence electrons. The van der Waals surface area contributed by atoms with E-state index in [-0.39, 0.29) is 11.1 Å². The van der Waals surface area contributed by atoms with Crippen LogP contribution in [-0.2, 0) is 14.8 Å². The van der Waals surface area contributed by atoms with E-state index in [0.29, 0.717) is 32.5 Å². The molecule has 0 aromatic heterocycles. The molecule has 17 heavy (non-hydrogen) atoms. The van der Waals surface area contributed by atoms with Crippen LogP contribution >= 0.6 is 12.2 Å². The maximum Gasteiger partial charge on any atom is 0.223 e. The quantitative estimate of drug-likeness (QED) is 0.759. The smallest absolute Gasteiger partial charge is 0.223 e. The van der Waals surface area contributed by atoms with Gasteiger partial charge in [-0.3, -0.25) is 0 Å². The fourth-order valence-electron chi connectivity index (χ4n) is 1.93. The summed E-state index contributed by atoms with van der Waals surface area (Å²) in [6.07, 6.45) is 1.02. The molecule has 1 heterocycles. The van der Waals surface area contributed by atoms with Crippen LogP contribution in [0.2, 0.25) is 0 Å². The number of sulfonamides is 1. The van der Waals surface area contributed by atoms with Gasteiger partial charge in [0, 0.05) is 19.7 Å². The molecule has 0 saturated carbocycles. The van der Waals surface area contributed by atoms with Gasteiger partial charge in [-0.05, 0) is 19.8 Å². The van der Waals surface area contributed by atoms with Gasteiger partial charge in [-0.1, -0.05) is 19.1 Å². The number of hydrogen-bond acceptors (Lipinski definition) is 4. The van der Waals surface area contributed by atoms with Gasteiger partial charge in [0.15, 0.2) is 0 Å². The van der Waals surface area contributed by atoms with Crippen LogP contribution in [0.15, 0.2) is 0 Å². The van der Waals surface area contributed by atoms with E-state index in [1.165, 1.54) is 4.31 Å². The SMILES string of the molecule is CCC(C(N)=S)S(=O)(=O)N1CCCOC(C)C1. The molecular formula is C10H20N2O3S2. The van der Waals surface area contributed by atoms with Crippen LogP contribution in [0.1, 0.15) is 26.7 Å². The lowest BCUT2D eigenvalue weighted by Crippen LogP contribution is -2.46. The summed E-state index contributed by atoms with van der Waals surface area (Å²) < 4.78 is 31.6. The molecule has 1 aliphatic heterocycles. The number of nitrogens with two attached hydrogens (primary N) is 1. The van der Waals surface area contributed by atoms with Gasteiger partial charge in [0.05, 0.1) is 11.1 Å². The summed E-state index contributed by atoms with van der Waals surface area (Å²) >= 11 is 4.84. The lowest BCUT2D eigenvalue weighted by molar-refractivity contribution is 0.0751. The molecule has 1 aliphatic rings. The van der Waals surface area contributed by atoms with Crippen molar-refractivity contribution in [2.45, 2.75) is 38.0 Å². The third-order valence-electron chi connectivity index (χ3n) is 2.82. The van der Waals surface area contributed by atoms with E-state index in [9.17, 15) is 8.42 Å². The van der Waals surface area contributed by atoms with Crippen molar-refractivity contribution in [3.05, 3.63) is 0 Å². The van der Waals surface area contributed by atoms with Gasteiger partial charge in [-0.2, -0.15) is 4.31 Å². The molecule has 0 aromatic rings. The number of rotatable bonds is 4. The van der Waals surface area contributed by atoms with Crippen LogP contribution in [0.3, 0.4) is 0 Å². The molecule has 2 unspecified atom stereocenters. The highest BCUT2D eigenvalue weighted by molar-refractivity contribution is 7.92. The largest absolute Gasteiger partial charge is 0.392 e. The lowest BCUT2D eigenvalue weighted by Gasteiger charge is -2.26. The minimum Gasteiger partial charge on any atom is -0.392 e. The first-order chi connectivity index (χ1) is 7.89. The minimum absolute atomic E-state index is 0.0466. The topological polar surface area (TPSA) is 72.6 Å². The molecule has 7 heteroatoms. The number of nitrogens with zero attached hydrogens (tertiary/aromatic N) is 1. The summed E-state index contributed by atoms with van der Waals surface area (Å²) in [5.74, 6) is 0. The predicted molar refractivity (Wildman–Crippen MR) is 71.4 cm³/mol. The monoisotopic (exact) mass is 280 g/mol. The predicted octanol–water partition coefficient (Wildman–Crippen LogP) is 0.492. The standard InChI is InChI=1S/C10H20N2O3S2/c1-3-9(10(11)16)17(13,14)12-5-4-6-15-8(2)7-12/h8-9H,3-7H2,1-2H3,(H2,11,16). The molecule has 2 N–H and O–H groups in total. The molecule has 0 aliphatic carbocycles. The molecule has 0 aromatic carbocycles. The highest BCUT2D eigenvalue weighted by atomic mass is 32.2. The van der Waals surface area contributed by atoms with Crippen LogP contribution in [0, 0.1) is 0 Å². The van der Waals surface area contributed by atoms with Crippen molar-refractivity contribution in [2.24, 2.45) is 5.73 Å². The Kier molecular flexibility index (Phi) is 5.30. The van der Waals surface area contributed by atoms with E-state index >= 15 is 0 Å². The van der Waals surface area contributed by atoms with E-state index in [0.717, 1.165) is 0 Å². The van der Waals surface area contributed by atoms with Crippen LogP contribution in [0.5, 0.6) is 0 Å². The van der Waals surface area contributed by atoms with Crippen molar-refractivity contribution in [3.63, 3.8) is 0 Å². The third kappa shape index (κ3) is 3.61. The van der Waals surface area contributed by atoms with Gasteiger partial charge in [0.25, 0.3) is 0 Å². The van der Waals surface area contributed by atoms with E-state index in [2.05, 4.69) is 0 Å². The van der Waals surface area contributed by atoms with E-state index in [1.807, 2.05) is 6.92 Å². The van der Waals surface area contributed by atoms with Gasteiger partial charge >= 0.3 is 0 Å². The Morgan fingerprint density at radius 3 is 2.82 bits per heavy atom. The van der Waals surface area contributed by atoms with Crippen molar-refractivity contribution in [2.75, 3.05) is 19.7 Å². The van der Waals surface area contributed by atoms with Crippen molar-refractivity contribution < 1.29 is 13.2 Å². The number of hydrogen-bond donors (Lipinski definition) is 1. The van der Waals surface area contributed by atoms with Crippen molar-refractivity contribution >= 4 is 27.2 Å². The molecule has 0 radical (unpaired) electrons. The highest BCUT2D eigenvalue weighted by Gasteiger charge is 2.34. The van der Waals surface area contributed by atoms with Gasteiger partial charge < -0.3 is 10.5 Å². The maximum absolute atomic E-state index is 12.4. The van der Waals surface area contributed by atoms with Crippen molar-refractivity contribution in [3.8, 4) is 0 Å². The number of ether oxygens (including phenoxy) is 1. The first-order valence-corrected chi connectivity index (χ1v) is 7.70. The van der Waals surface area contributed by atoms with Gasteiger partial charge in [-0.15, -0.1) is 0 Å². The molecule has 0 amide bonds. The molecule has 1 rings (SSSR count). The zero-order valence-electron chi connectivity index (χ0n) is 10.3. The molecule has 5 nitrogen and oxygen atoms in total. The highest BCUT2D eigenvalue weighted by Crippen LogP contribution is 2.17. The zero-order valence-corrected chi connectivity index (χ0v) is 11.9. The Balaban J connectivity index is 2.91. The Bertz CT molecular complexity index is 370. The summed E-state index contributed by atoms with van der Waals surface area (Å²) in [5, 5.41) is -0.761. The normalized spacial score (nSPS) is 25.2. The molecule has 1 saturated heterocycles. The van der Waals surface area contributed by atoms with Crippen LogP contribution < -0.4 is 5.73 Å². The molecule has 0 bridgehead atoms. The summed E-state index contributed by atoms with van der Waals surface area (Å²) in [6.45, 7) is 5.10. The maximum atomic E-state index is 12.4. The van der Waals surface area contributed by atoms with Crippen LogP contribution in [0.4, 0.5) is 0 Å². The van der Waals surface area contributed by atoms with Gasteiger partial charge in [0.1, 0.15) is 5.25 Å². The first kappa shape index (κ1) is 14.8. The summed E-state index contributed by atoms with van der Waals surface area (Å²) in [4.78, 5) is 0.0466. The summed E-state index contributed by atoms with van der Waals surface area (Å²) in [7, 11) is -3.44. The lowest BCUT2D eigenvalue weighted by atomic mass is 10.3. The average molecular weight is 280 g/mol. The van der Waals surface area contributed by atoms with E-state index < -0.39 is 15.3 Å². The van der Waals surface area contributed by atoms with Crippen molar-refractivity contribution in [1.29, 1.82) is 0 Å². The van der Waals surface area contributed by atoms with Gasteiger partial charge in [0.2, 0.25) is 10.0 Å². The van der Waals surface area contributed by atoms with Crippen LogP contribution in [-0.4, -0.2) is 48.8 Å². The first-order valence-electron chi connectivity index (χ1n) is 5.79. The van der Waals surface area contributed by atoms with Gasteiger partial charge in [-0.25, -0.2) is 8.42 Å². The summed E-state index contributed by atoms with van der Waals surface area (Å²) in [5.41, 5.74) is 5.51. The fourth-order valence-corrected chi connectivity index (χ4v) is 4.33. The second kappa shape index (κ2) is 6.08. The van der Waals surface area contributed by atoms with E-state index in [4.69, 9.17) is 22.7 Å².